The fourth-order valence-corrected chi connectivity index (χ4v) is 10.5. The van der Waals surface area contributed by atoms with Crippen LogP contribution in [0.15, 0.2) is 33.8 Å². The maximum Gasteiger partial charge on any atom is 0.319 e. The van der Waals surface area contributed by atoms with Crippen molar-refractivity contribution >= 4 is 28.5 Å². The van der Waals surface area contributed by atoms with Gasteiger partial charge < -0.3 is 35.3 Å². The number of likely N-dealkylation sites (tertiary alicyclic amines) is 2. The van der Waals surface area contributed by atoms with Gasteiger partial charge in [0.2, 0.25) is 0 Å². The summed E-state index contributed by atoms with van der Waals surface area (Å²) < 4.78 is 51.1. The molecule has 12 nitrogen and oxygen atoms in total. The van der Waals surface area contributed by atoms with Gasteiger partial charge in [0.05, 0.1) is 53.9 Å². The molecule has 1 saturated carbocycles. The van der Waals surface area contributed by atoms with Crippen molar-refractivity contribution in [2.75, 3.05) is 63.6 Å². The summed E-state index contributed by atoms with van der Waals surface area (Å²) >= 11 is 1.21. The van der Waals surface area contributed by atoms with Crippen molar-refractivity contribution in [3.63, 3.8) is 0 Å². The molecule has 282 valence electrons. The first-order chi connectivity index (χ1) is 25.7. The zero-order valence-corrected chi connectivity index (χ0v) is 31.0. The Morgan fingerprint density at radius 2 is 1.92 bits per heavy atom. The number of fused-ring (bicyclic) bond motifs is 5. The van der Waals surface area contributed by atoms with E-state index >= 15 is 8.78 Å². The van der Waals surface area contributed by atoms with Crippen LogP contribution in [-0.2, 0) is 22.7 Å². The van der Waals surface area contributed by atoms with E-state index in [-0.39, 0.29) is 70.1 Å². The highest BCUT2D eigenvalue weighted by molar-refractivity contribution is 8.03. The number of benzene rings is 1. The van der Waals surface area contributed by atoms with Gasteiger partial charge in [-0.1, -0.05) is 0 Å². The summed E-state index contributed by atoms with van der Waals surface area (Å²) in [6.07, 6.45) is 6.04. The number of nitrogens with one attached hydrogen (secondary N) is 1. The Morgan fingerprint density at radius 1 is 1.15 bits per heavy atom. The molecule has 0 radical (unpaired) electrons. The standard InChI is InChI=1S/C38H46F2N8O4S/c1-20(49)11-47-12-21-3-4-22(13-47)48(21)36-31-26-16-51-15-25(26)29(33-30-24(9-41)28(42)17-53-35(30)27(39)10-43-33)32(40)34(31)44-37(45-36)52-19-38(6-7-38)18-46-8-5-23(14-46)50-2/h10,20-23,33,43,49H,3-8,11-19,42H2,1-2H3. The Hall–Kier alpha value is -3.52. The van der Waals surface area contributed by atoms with E-state index in [1.54, 1.807) is 7.11 Å². The van der Waals surface area contributed by atoms with Gasteiger partial charge in [-0.15, -0.1) is 11.8 Å². The third-order valence-corrected chi connectivity index (χ3v) is 13.4. The number of dihydropyridines is 1. The number of allylic oxidation sites excluding steroid dienone is 1. The quantitative estimate of drug-likeness (QED) is 0.323. The van der Waals surface area contributed by atoms with Gasteiger partial charge in [0.15, 0.2) is 11.6 Å². The van der Waals surface area contributed by atoms with Crippen LogP contribution in [0.25, 0.3) is 10.9 Å². The van der Waals surface area contributed by atoms with Gasteiger partial charge in [-0.3, -0.25) is 9.80 Å². The molecule has 6 aliphatic heterocycles. The van der Waals surface area contributed by atoms with Crippen LogP contribution >= 0.6 is 11.8 Å². The molecule has 0 spiro atoms. The number of β-amino-alcohol motifs (C(OH)–C–C–N with tert-alkyl or cyclic N) is 1. The topological polar surface area (TPSA) is 145 Å². The lowest BCUT2D eigenvalue weighted by atomic mass is 9.85. The fourth-order valence-electron chi connectivity index (χ4n) is 9.50. The predicted molar refractivity (Wildman–Crippen MR) is 196 cm³/mol. The van der Waals surface area contributed by atoms with Crippen LogP contribution < -0.4 is 20.7 Å². The minimum atomic E-state index is -0.889. The van der Waals surface area contributed by atoms with Crippen LogP contribution in [0.3, 0.4) is 0 Å². The summed E-state index contributed by atoms with van der Waals surface area (Å²) in [5.41, 5.74) is 8.94. The molecule has 2 bridgehead atoms. The molecule has 53 heavy (non-hydrogen) atoms. The van der Waals surface area contributed by atoms with E-state index < -0.39 is 23.8 Å². The zero-order valence-electron chi connectivity index (χ0n) is 30.2. The van der Waals surface area contributed by atoms with Crippen LogP contribution in [0.5, 0.6) is 6.01 Å². The number of nitriles is 1. The highest BCUT2D eigenvalue weighted by atomic mass is 32.2. The monoisotopic (exact) mass is 748 g/mol. The average Bonchev–Trinajstić information content (AvgIpc) is 3.40. The number of thioether (sulfide) groups is 1. The Kier molecular flexibility index (Phi) is 9.07. The molecule has 5 atom stereocenters. The van der Waals surface area contributed by atoms with E-state index in [2.05, 4.69) is 26.1 Å². The second kappa shape index (κ2) is 13.6. The van der Waals surface area contributed by atoms with Crippen molar-refractivity contribution in [2.24, 2.45) is 11.1 Å². The van der Waals surface area contributed by atoms with E-state index in [0.717, 1.165) is 70.4 Å². The van der Waals surface area contributed by atoms with E-state index in [4.69, 9.17) is 29.9 Å². The number of anilines is 1. The number of ether oxygens (including phenoxy) is 3. The summed E-state index contributed by atoms with van der Waals surface area (Å²) in [6, 6.07) is 1.64. The zero-order chi connectivity index (χ0) is 36.6. The molecule has 2 aromatic rings. The molecule has 3 saturated heterocycles. The SMILES string of the molecule is COC1CCN(CC2(COc3nc(N4C5CCC4CN(CC(C)O)C5)c4c5c(c(C6NC=C(F)C7=C6C(C#N)=C(N)CS7)c(F)c4n3)COC5)CC2)C1. The van der Waals surface area contributed by atoms with Gasteiger partial charge in [0.25, 0.3) is 0 Å². The van der Waals surface area contributed by atoms with Crippen molar-refractivity contribution in [2.45, 2.75) is 82.6 Å². The van der Waals surface area contributed by atoms with E-state index in [0.29, 0.717) is 41.2 Å². The number of aliphatic hydroxyl groups is 1. The second-order valence-electron chi connectivity index (χ2n) is 15.9. The van der Waals surface area contributed by atoms with Crippen molar-refractivity contribution in [3.8, 4) is 12.1 Å². The van der Waals surface area contributed by atoms with Gasteiger partial charge in [-0.2, -0.15) is 15.2 Å². The first-order valence-electron chi connectivity index (χ1n) is 18.7. The Bertz CT molecular complexity index is 1960. The maximum atomic E-state index is 17.7. The van der Waals surface area contributed by atoms with Crippen LogP contribution in [0.2, 0.25) is 0 Å². The number of hydrogen-bond acceptors (Lipinski definition) is 13. The largest absolute Gasteiger partial charge is 0.463 e. The van der Waals surface area contributed by atoms with Crippen LogP contribution in [0.4, 0.5) is 14.6 Å². The molecule has 1 aromatic carbocycles. The van der Waals surface area contributed by atoms with Gasteiger partial charge >= 0.3 is 6.01 Å². The molecule has 5 unspecified atom stereocenters. The number of aromatic nitrogens is 2. The summed E-state index contributed by atoms with van der Waals surface area (Å²) in [4.78, 5) is 17.3. The van der Waals surface area contributed by atoms with Crippen LogP contribution in [-0.4, -0.2) is 108 Å². The highest BCUT2D eigenvalue weighted by Gasteiger charge is 2.47. The minimum absolute atomic E-state index is 0.0217. The average molecular weight is 749 g/mol. The summed E-state index contributed by atoms with van der Waals surface area (Å²) in [5.74, 6) is -0.172. The first-order valence-corrected chi connectivity index (χ1v) is 19.7. The molecule has 7 aliphatic rings. The lowest BCUT2D eigenvalue weighted by molar-refractivity contribution is 0.100. The summed E-state index contributed by atoms with van der Waals surface area (Å²) in [7, 11) is 1.77. The molecule has 7 heterocycles. The number of halogens is 2. The van der Waals surface area contributed by atoms with E-state index in [9.17, 15) is 10.4 Å². The number of hydrogen-bond donors (Lipinski definition) is 3. The summed E-state index contributed by atoms with van der Waals surface area (Å²) in [6.45, 7) is 7.50. The van der Waals surface area contributed by atoms with Crippen molar-refractivity contribution < 1.29 is 28.1 Å². The lowest BCUT2D eigenvalue weighted by Gasteiger charge is -2.42. The normalized spacial score (nSPS) is 28.5. The third-order valence-electron chi connectivity index (χ3n) is 12.2. The number of aliphatic hydroxyl groups excluding tert-OH is 1. The van der Waals surface area contributed by atoms with Crippen molar-refractivity contribution in [3.05, 3.63) is 56.3 Å². The summed E-state index contributed by atoms with van der Waals surface area (Å²) in [5, 5.41) is 24.0. The molecule has 4 fully saturated rings. The fraction of sp³-hybridized carbons (Fsp3) is 0.605. The van der Waals surface area contributed by atoms with Gasteiger partial charge in [-0.25, -0.2) is 8.78 Å². The predicted octanol–water partition coefficient (Wildman–Crippen LogP) is 3.91. The second-order valence-corrected chi connectivity index (χ2v) is 16.9. The Labute approximate surface area is 312 Å². The molecule has 0 amide bonds. The molecule has 1 aliphatic carbocycles. The number of nitrogens with two attached hydrogens (primary N) is 1. The van der Waals surface area contributed by atoms with Gasteiger partial charge in [-0.05, 0) is 50.2 Å². The van der Waals surface area contributed by atoms with Gasteiger partial charge in [0.1, 0.15) is 17.4 Å². The smallest absolute Gasteiger partial charge is 0.319 e. The Balaban J connectivity index is 1.15. The van der Waals surface area contributed by atoms with Crippen LogP contribution in [0, 0.1) is 22.6 Å². The molecule has 1 aromatic heterocycles. The van der Waals surface area contributed by atoms with E-state index in [1.165, 1.54) is 18.0 Å². The molecule has 9 rings (SSSR count). The third kappa shape index (κ3) is 6.15. The first kappa shape index (κ1) is 35.2. The Morgan fingerprint density at radius 3 is 2.62 bits per heavy atom. The molecule has 15 heteroatoms. The van der Waals surface area contributed by atoms with E-state index in [1.807, 2.05) is 6.92 Å². The number of rotatable bonds is 10. The highest BCUT2D eigenvalue weighted by Crippen LogP contribution is 2.51. The molecular formula is C38H46F2N8O4S. The van der Waals surface area contributed by atoms with Crippen molar-refractivity contribution in [1.82, 2.24) is 25.1 Å². The van der Waals surface area contributed by atoms with Crippen molar-refractivity contribution in [1.29, 1.82) is 5.26 Å². The maximum absolute atomic E-state index is 17.7. The number of methoxy groups -OCH3 is 1. The molecule has 4 N–H and O–H groups in total. The molecular weight excluding hydrogens is 703 g/mol. The number of nitrogens with zero attached hydrogens (tertiary/aromatic N) is 6. The van der Waals surface area contributed by atoms with Crippen LogP contribution in [0.1, 0.15) is 61.8 Å². The number of piperazine rings is 1. The minimum Gasteiger partial charge on any atom is -0.463 e. The van der Waals surface area contributed by atoms with Gasteiger partial charge in [0, 0.05) is 92.7 Å². The lowest BCUT2D eigenvalue weighted by Crippen LogP contribution is -2.55.